The molecule has 0 radical (unpaired) electrons. The molecule has 0 saturated carbocycles. The maximum Gasteiger partial charge on any atom is 0.224 e. The molecule has 1 fully saturated rings. The largest absolute Gasteiger partial charge is 0.328 e. The summed E-state index contributed by atoms with van der Waals surface area (Å²) in [6.07, 6.45) is 7.57. The Morgan fingerprint density at radius 1 is 1.27 bits per heavy atom. The number of carbonyl (C=O) groups is 1. The minimum Gasteiger partial charge on any atom is -0.328 e. The van der Waals surface area contributed by atoms with Crippen LogP contribution in [0, 0.1) is 5.92 Å². The first-order valence-electron chi connectivity index (χ1n) is 9.29. The quantitative estimate of drug-likeness (QED) is 0.819. The second kappa shape index (κ2) is 9.58. The minimum atomic E-state index is 0. The lowest BCUT2D eigenvalue weighted by atomic mass is 10.0. The van der Waals surface area contributed by atoms with Gasteiger partial charge in [-0.2, -0.15) is 0 Å². The third kappa shape index (κ3) is 4.70. The van der Waals surface area contributed by atoms with Gasteiger partial charge in [0.25, 0.3) is 0 Å². The molecule has 1 amide bonds. The summed E-state index contributed by atoms with van der Waals surface area (Å²) >= 11 is 0. The Morgan fingerprint density at radius 2 is 2.15 bits per heavy atom. The summed E-state index contributed by atoms with van der Waals surface area (Å²) in [7, 11) is 0. The summed E-state index contributed by atoms with van der Waals surface area (Å²) in [5, 5.41) is 6.39. The Labute approximate surface area is 167 Å². The maximum absolute atomic E-state index is 12.2. The van der Waals surface area contributed by atoms with Crippen molar-refractivity contribution in [2.45, 2.75) is 51.5 Å². The molecule has 2 N–H and O–H groups in total. The smallest absolute Gasteiger partial charge is 0.224 e. The molecule has 1 atom stereocenters. The zero-order valence-corrected chi connectivity index (χ0v) is 16.6. The van der Waals surface area contributed by atoms with Crippen LogP contribution in [0.2, 0.25) is 0 Å². The summed E-state index contributed by atoms with van der Waals surface area (Å²) in [6.45, 7) is 3.21. The van der Waals surface area contributed by atoms with Crippen LogP contribution in [0.1, 0.15) is 44.3 Å². The molecule has 144 valence electrons. The normalized spacial score (nSPS) is 19.2. The van der Waals surface area contributed by atoms with E-state index in [4.69, 9.17) is 4.98 Å². The summed E-state index contributed by atoms with van der Waals surface area (Å²) in [6, 6.07) is 6.14. The first kappa shape index (κ1) is 21.0. The monoisotopic (exact) mass is 398 g/mol. The Kier molecular flexibility index (Phi) is 7.74. The van der Waals surface area contributed by atoms with E-state index in [1.54, 1.807) is 0 Å². The van der Waals surface area contributed by atoms with E-state index in [1.165, 1.54) is 37.0 Å². The number of hydrogen-bond acceptors (Lipinski definition) is 3. The second-order valence-corrected chi connectivity index (χ2v) is 7.14. The average molecular weight is 399 g/mol. The molecule has 3 heterocycles. The van der Waals surface area contributed by atoms with Gasteiger partial charge in [-0.3, -0.25) is 4.79 Å². The number of nitrogens with zero attached hydrogens (tertiary/aromatic N) is 2. The standard InChI is InChI=1S/C19H26N4O.2ClH/c24-19(8-5-14-9-10-20-13-14)21-15-6-7-17-16(12-15)22-18-4-2-1-3-11-23(17)18;;/h6-7,12,14,20H,1-5,8-11,13H2,(H,21,24);2*1H. The number of fused-ring (bicyclic) bond motifs is 3. The maximum atomic E-state index is 12.2. The molecule has 7 heteroatoms. The highest BCUT2D eigenvalue weighted by atomic mass is 35.5. The van der Waals surface area contributed by atoms with Crippen LogP contribution in [-0.4, -0.2) is 28.5 Å². The molecule has 26 heavy (non-hydrogen) atoms. The van der Waals surface area contributed by atoms with E-state index in [9.17, 15) is 4.79 Å². The zero-order valence-electron chi connectivity index (χ0n) is 15.0. The van der Waals surface area contributed by atoms with Crippen LogP contribution in [0.3, 0.4) is 0 Å². The number of anilines is 1. The Bertz CT molecular complexity index is 740. The van der Waals surface area contributed by atoms with E-state index in [1.807, 2.05) is 12.1 Å². The summed E-state index contributed by atoms with van der Waals surface area (Å²) in [5.74, 6) is 1.96. The average Bonchev–Trinajstić information content (AvgIpc) is 3.15. The molecule has 1 unspecified atom stereocenters. The van der Waals surface area contributed by atoms with Crippen molar-refractivity contribution in [3.63, 3.8) is 0 Å². The fourth-order valence-electron chi connectivity index (χ4n) is 3.95. The Hall–Kier alpha value is -1.30. The number of halogens is 2. The molecule has 2 aromatic rings. The van der Waals surface area contributed by atoms with Crippen molar-refractivity contribution in [3.8, 4) is 0 Å². The molecule has 0 aliphatic carbocycles. The molecule has 1 aromatic heterocycles. The minimum absolute atomic E-state index is 0. The van der Waals surface area contributed by atoms with Gasteiger partial charge in [0.2, 0.25) is 5.91 Å². The van der Waals surface area contributed by atoms with Crippen molar-refractivity contribution < 1.29 is 4.79 Å². The second-order valence-electron chi connectivity index (χ2n) is 7.14. The number of benzene rings is 1. The number of aryl methyl sites for hydroxylation is 2. The van der Waals surface area contributed by atoms with Crippen LogP contribution in [0.25, 0.3) is 11.0 Å². The topological polar surface area (TPSA) is 59.0 Å². The van der Waals surface area contributed by atoms with Gasteiger partial charge in [0, 0.05) is 25.1 Å². The molecule has 4 rings (SSSR count). The van der Waals surface area contributed by atoms with Crippen LogP contribution in [0.5, 0.6) is 0 Å². The molecule has 0 bridgehead atoms. The van der Waals surface area contributed by atoms with Gasteiger partial charge in [-0.15, -0.1) is 24.8 Å². The van der Waals surface area contributed by atoms with Gasteiger partial charge in [-0.1, -0.05) is 6.42 Å². The highest BCUT2D eigenvalue weighted by Gasteiger charge is 2.17. The molecule has 2 aliphatic heterocycles. The van der Waals surface area contributed by atoms with E-state index in [-0.39, 0.29) is 30.7 Å². The number of hydrogen-bond donors (Lipinski definition) is 2. The van der Waals surface area contributed by atoms with Crippen molar-refractivity contribution in [2.24, 2.45) is 5.92 Å². The fraction of sp³-hybridized carbons (Fsp3) is 0.579. The van der Waals surface area contributed by atoms with Crippen molar-refractivity contribution in [1.82, 2.24) is 14.9 Å². The van der Waals surface area contributed by atoms with Crippen LogP contribution in [-0.2, 0) is 17.8 Å². The van der Waals surface area contributed by atoms with Gasteiger partial charge in [0.1, 0.15) is 5.82 Å². The van der Waals surface area contributed by atoms with Crippen molar-refractivity contribution >= 4 is 47.4 Å². The molecule has 5 nitrogen and oxygen atoms in total. The van der Waals surface area contributed by atoms with E-state index < -0.39 is 0 Å². The fourth-order valence-corrected chi connectivity index (χ4v) is 3.95. The van der Waals surface area contributed by atoms with Gasteiger partial charge >= 0.3 is 0 Å². The predicted molar refractivity (Wildman–Crippen MR) is 111 cm³/mol. The van der Waals surface area contributed by atoms with Crippen molar-refractivity contribution in [3.05, 3.63) is 24.0 Å². The number of amides is 1. The number of aromatic nitrogens is 2. The molecule has 1 saturated heterocycles. The molecular formula is C19H28Cl2N4O. The first-order valence-corrected chi connectivity index (χ1v) is 9.29. The third-order valence-corrected chi connectivity index (χ3v) is 5.34. The van der Waals surface area contributed by atoms with Gasteiger partial charge in [0.15, 0.2) is 0 Å². The van der Waals surface area contributed by atoms with Crippen molar-refractivity contribution in [1.29, 1.82) is 0 Å². The summed E-state index contributed by atoms with van der Waals surface area (Å²) in [4.78, 5) is 17.0. The molecular weight excluding hydrogens is 371 g/mol. The molecule has 1 aromatic carbocycles. The Morgan fingerprint density at radius 3 is 2.96 bits per heavy atom. The molecule has 0 spiro atoms. The zero-order chi connectivity index (χ0) is 16.4. The van der Waals surface area contributed by atoms with E-state index in [0.717, 1.165) is 43.7 Å². The lowest BCUT2D eigenvalue weighted by Gasteiger charge is -2.09. The number of nitrogens with one attached hydrogen (secondary N) is 2. The summed E-state index contributed by atoms with van der Waals surface area (Å²) in [5.41, 5.74) is 3.07. The van der Waals surface area contributed by atoms with E-state index in [0.29, 0.717) is 12.3 Å². The lowest BCUT2D eigenvalue weighted by Crippen LogP contribution is -2.15. The number of imidazole rings is 1. The van der Waals surface area contributed by atoms with Gasteiger partial charge in [-0.05, 0) is 62.9 Å². The highest BCUT2D eigenvalue weighted by molar-refractivity contribution is 5.93. The Balaban J connectivity index is 0.00000121. The third-order valence-electron chi connectivity index (χ3n) is 5.34. The van der Waals surface area contributed by atoms with Crippen LogP contribution in [0.4, 0.5) is 5.69 Å². The van der Waals surface area contributed by atoms with Gasteiger partial charge in [0.05, 0.1) is 11.0 Å². The van der Waals surface area contributed by atoms with E-state index in [2.05, 4.69) is 21.3 Å². The van der Waals surface area contributed by atoms with Crippen LogP contribution in [0.15, 0.2) is 18.2 Å². The predicted octanol–water partition coefficient (Wildman–Crippen LogP) is 3.93. The molecule has 2 aliphatic rings. The van der Waals surface area contributed by atoms with Gasteiger partial charge in [-0.25, -0.2) is 4.98 Å². The van der Waals surface area contributed by atoms with Gasteiger partial charge < -0.3 is 15.2 Å². The van der Waals surface area contributed by atoms with Crippen LogP contribution >= 0.6 is 24.8 Å². The first-order chi connectivity index (χ1) is 11.8. The van der Waals surface area contributed by atoms with Crippen molar-refractivity contribution in [2.75, 3.05) is 18.4 Å². The lowest BCUT2D eigenvalue weighted by molar-refractivity contribution is -0.116. The van der Waals surface area contributed by atoms with E-state index >= 15 is 0 Å². The summed E-state index contributed by atoms with van der Waals surface area (Å²) < 4.78 is 2.35. The SMILES string of the molecule is Cl.Cl.O=C(CCC1CCNC1)Nc1ccc2c(c1)nc1n2CCCCC1. The van der Waals surface area contributed by atoms with Crippen LogP contribution < -0.4 is 10.6 Å². The highest BCUT2D eigenvalue weighted by Crippen LogP contribution is 2.24. The number of rotatable bonds is 4. The number of carbonyl (C=O) groups excluding carboxylic acids is 1.